The zero-order valence-electron chi connectivity index (χ0n) is 12.7. The molecule has 116 valence electrons. The fraction of sp³-hybridized carbons (Fsp3) is 0.933. The Hall–Kier alpha value is -0.650. The second-order valence-electron chi connectivity index (χ2n) is 6.50. The molecule has 1 amide bonds. The average Bonchev–Trinajstić information content (AvgIpc) is 2.46. The first kappa shape index (κ1) is 15.7. The molecular weight excluding hydrogens is 254 g/mol. The highest BCUT2D eigenvalue weighted by Gasteiger charge is 2.33. The fourth-order valence-corrected chi connectivity index (χ4v) is 3.38. The van der Waals surface area contributed by atoms with Gasteiger partial charge in [0.1, 0.15) is 0 Å². The summed E-state index contributed by atoms with van der Waals surface area (Å²) < 4.78 is 5.66. The molecule has 0 radical (unpaired) electrons. The molecule has 1 heterocycles. The topological polar surface area (TPSA) is 67.6 Å². The van der Waals surface area contributed by atoms with Gasteiger partial charge in [-0.15, -0.1) is 0 Å². The van der Waals surface area contributed by atoms with Gasteiger partial charge in [0, 0.05) is 26.1 Å². The van der Waals surface area contributed by atoms with Crippen LogP contribution >= 0.6 is 0 Å². The van der Waals surface area contributed by atoms with Crippen LogP contribution in [0, 0.1) is 5.41 Å². The molecule has 1 unspecified atom stereocenters. The standard InChI is InChI=1S/C15H29N3O2/c1-18-7-8-20-13(11-18)10-17-14(19)9-15(12-16)5-3-2-4-6-15/h13H,2-12,16H2,1H3,(H,17,19). The molecule has 2 rings (SSSR count). The highest BCUT2D eigenvalue weighted by molar-refractivity contribution is 5.76. The van der Waals surface area contributed by atoms with Crippen LogP contribution in [-0.2, 0) is 9.53 Å². The van der Waals surface area contributed by atoms with Gasteiger partial charge in [-0.2, -0.15) is 0 Å². The molecule has 1 saturated heterocycles. The van der Waals surface area contributed by atoms with E-state index in [4.69, 9.17) is 10.5 Å². The van der Waals surface area contributed by atoms with E-state index in [1.807, 2.05) is 0 Å². The molecule has 0 aromatic carbocycles. The largest absolute Gasteiger partial charge is 0.374 e. The Morgan fingerprint density at radius 3 is 2.80 bits per heavy atom. The summed E-state index contributed by atoms with van der Waals surface area (Å²) in [6, 6.07) is 0. The van der Waals surface area contributed by atoms with Crippen molar-refractivity contribution in [3.05, 3.63) is 0 Å². The van der Waals surface area contributed by atoms with Crippen LogP contribution in [0.1, 0.15) is 38.5 Å². The molecule has 20 heavy (non-hydrogen) atoms. The summed E-state index contributed by atoms with van der Waals surface area (Å²) in [5.74, 6) is 0.133. The predicted molar refractivity (Wildman–Crippen MR) is 79.4 cm³/mol. The number of carbonyl (C=O) groups excluding carboxylic acids is 1. The zero-order valence-corrected chi connectivity index (χ0v) is 12.7. The summed E-state index contributed by atoms with van der Waals surface area (Å²) in [6.07, 6.45) is 6.59. The van der Waals surface area contributed by atoms with Crippen molar-refractivity contribution < 1.29 is 9.53 Å². The molecule has 1 saturated carbocycles. The van der Waals surface area contributed by atoms with Crippen molar-refractivity contribution in [1.29, 1.82) is 0 Å². The Morgan fingerprint density at radius 1 is 1.40 bits per heavy atom. The van der Waals surface area contributed by atoms with Crippen LogP contribution in [0.15, 0.2) is 0 Å². The van der Waals surface area contributed by atoms with Crippen molar-refractivity contribution in [2.24, 2.45) is 11.1 Å². The number of likely N-dealkylation sites (N-methyl/N-ethyl adjacent to an activating group) is 1. The summed E-state index contributed by atoms with van der Waals surface area (Å²) in [4.78, 5) is 14.4. The Bertz CT molecular complexity index is 316. The number of ether oxygens (including phenoxy) is 1. The molecule has 0 spiro atoms. The Morgan fingerprint density at radius 2 is 2.15 bits per heavy atom. The first-order valence-electron chi connectivity index (χ1n) is 7.90. The molecule has 5 nitrogen and oxygen atoms in total. The van der Waals surface area contributed by atoms with E-state index in [2.05, 4.69) is 17.3 Å². The molecule has 1 aliphatic heterocycles. The summed E-state index contributed by atoms with van der Waals surface area (Å²) in [5, 5.41) is 3.03. The molecule has 2 aliphatic rings. The molecule has 5 heteroatoms. The van der Waals surface area contributed by atoms with Crippen LogP contribution in [0.3, 0.4) is 0 Å². The maximum absolute atomic E-state index is 12.2. The number of hydrogen-bond acceptors (Lipinski definition) is 4. The third-order valence-electron chi connectivity index (χ3n) is 4.75. The van der Waals surface area contributed by atoms with E-state index in [1.54, 1.807) is 0 Å². The van der Waals surface area contributed by atoms with E-state index < -0.39 is 0 Å². The number of carbonyl (C=O) groups is 1. The number of nitrogens with zero attached hydrogens (tertiary/aromatic N) is 1. The minimum atomic E-state index is 0.0482. The number of hydrogen-bond donors (Lipinski definition) is 2. The highest BCUT2D eigenvalue weighted by Crippen LogP contribution is 2.38. The van der Waals surface area contributed by atoms with E-state index in [0.29, 0.717) is 19.5 Å². The van der Waals surface area contributed by atoms with Gasteiger partial charge in [-0.1, -0.05) is 19.3 Å². The van der Waals surface area contributed by atoms with Gasteiger partial charge >= 0.3 is 0 Å². The lowest BCUT2D eigenvalue weighted by Gasteiger charge is -2.36. The number of nitrogens with two attached hydrogens (primary N) is 1. The predicted octanol–water partition coefficient (Wildman–Crippen LogP) is 0.733. The quantitative estimate of drug-likeness (QED) is 0.780. The Balaban J connectivity index is 1.74. The van der Waals surface area contributed by atoms with Crippen LogP contribution in [0.5, 0.6) is 0 Å². The van der Waals surface area contributed by atoms with Gasteiger partial charge in [0.2, 0.25) is 5.91 Å². The minimum Gasteiger partial charge on any atom is -0.374 e. The lowest BCUT2D eigenvalue weighted by molar-refractivity contribution is -0.125. The van der Waals surface area contributed by atoms with E-state index >= 15 is 0 Å². The van der Waals surface area contributed by atoms with Crippen LogP contribution in [0.2, 0.25) is 0 Å². The summed E-state index contributed by atoms with van der Waals surface area (Å²) in [5.41, 5.74) is 5.98. The van der Waals surface area contributed by atoms with Crippen molar-refractivity contribution in [2.75, 3.05) is 39.8 Å². The third-order valence-corrected chi connectivity index (χ3v) is 4.75. The van der Waals surface area contributed by atoms with Gasteiger partial charge in [0.05, 0.1) is 12.7 Å². The number of amides is 1. The van der Waals surface area contributed by atoms with E-state index in [1.165, 1.54) is 19.3 Å². The molecule has 3 N–H and O–H groups in total. The second kappa shape index (κ2) is 7.38. The average molecular weight is 283 g/mol. The van der Waals surface area contributed by atoms with Gasteiger partial charge in [0.25, 0.3) is 0 Å². The maximum atomic E-state index is 12.2. The zero-order chi connectivity index (χ0) is 14.4. The van der Waals surface area contributed by atoms with Crippen molar-refractivity contribution in [1.82, 2.24) is 10.2 Å². The van der Waals surface area contributed by atoms with E-state index in [-0.39, 0.29) is 17.4 Å². The Labute approximate surface area is 122 Å². The van der Waals surface area contributed by atoms with Gasteiger partial charge < -0.3 is 20.7 Å². The normalized spacial score (nSPS) is 27.2. The van der Waals surface area contributed by atoms with Gasteiger partial charge in [-0.05, 0) is 31.8 Å². The van der Waals surface area contributed by atoms with Gasteiger partial charge in [-0.3, -0.25) is 4.79 Å². The lowest BCUT2D eigenvalue weighted by Crippen LogP contribution is -2.47. The third kappa shape index (κ3) is 4.43. The maximum Gasteiger partial charge on any atom is 0.220 e. The van der Waals surface area contributed by atoms with E-state index in [0.717, 1.165) is 32.5 Å². The summed E-state index contributed by atoms with van der Waals surface area (Å²) >= 11 is 0. The number of morpholine rings is 1. The Kier molecular flexibility index (Phi) is 5.81. The summed E-state index contributed by atoms with van der Waals surface area (Å²) in [6.45, 7) is 3.86. The van der Waals surface area contributed by atoms with Crippen LogP contribution in [0.4, 0.5) is 0 Å². The van der Waals surface area contributed by atoms with Gasteiger partial charge in [0.15, 0.2) is 0 Å². The fourth-order valence-electron chi connectivity index (χ4n) is 3.38. The van der Waals surface area contributed by atoms with Crippen molar-refractivity contribution in [3.8, 4) is 0 Å². The smallest absolute Gasteiger partial charge is 0.220 e. The van der Waals surface area contributed by atoms with Gasteiger partial charge in [-0.25, -0.2) is 0 Å². The summed E-state index contributed by atoms with van der Waals surface area (Å²) in [7, 11) is 2.09. The second-order valence-corrected chi connectivity index (χ2v) is 6.50. The van der Waals surface area contributed by atoms with Crippen LogP contribution < -0.4 is 11.1 Å². The molecule has 0 aromatic heterocycles. The molecule has 0 aromatic rings. The molecule has 2 fully saturated rings. The first-order valence-corrected chi connectivity index (χ1v) is 7.90. The van der Waals surface area contributed by atoms with Crippen molar-refractivity contribution in [2.45, 2.75) is 44.6 Å². The minimum absolute atomic E-state index is 0.0482. The van der Waals surface area contributed by atoms with E-state index in [9.17, 15) is 4.79 Å². The number of nitrogens with one attached hydrogen (secondary N) is 1. The molecule has 1 atom stereocenters. The lowest BCUT2D eigenvalue weighted by atomic mass is 9.71. The first-order chi connectivity index (χ1) is 9.63. The molecule has 1 aliphatic carbocycles. The number of rotatable bonds is 5. The molecule has 0 bridgehead atoms. The van der Waals surface area contributed by atoms with Crippen LogP contribution in [-0.4, -0.2) is 56.7 Å². The SMILES string of the molecule is CN1CCOC(CNC(=O)CC2(CN)CCCCC2)C1. The monoisotopic (exact) mass is 283 g/mol. The molecular formula is C15H29N3O2. The van der Waals surface area contributed by atoms with Crippen molar-refractivity contribution in [3.63, 3.8) is 0 Å². The van der Waals surface area contributed by atoms with Crippen LogP contribution in [0.25, 0.3) is 0 Å². The van der Waals surface area contributed by atoms with Crippen molar-refractivity contribution >= 4 is 5.91 Å². The highest BCUT2D eigenvalue weighted by atomic mass is 16.5.